The fraction of sp³-hybridized carbons (Fsp3) is 0.250. The molecule has 1 aromatic heterocycles. The third kappa shape index (κ3) is 3.60. The Hall–Kier alpha value is -2.52. The first-order valence-electron chi connectivity index (χ1n) is 9.15. The number of phenolic OH excluding ortho intramolecular Hbond substituents is 1. The van der Waals surface area contributed by atoms with Crippen molar-refractivity contribution in [1.82, 2.24) is 14.2 Å². The summed E-state index contributed by atoms with van der Waals surface area (Å²) in [5, 5.41) is 13.6. The number of nitrogens with zero attached hydrogens (tertiary/aromatic N) is 2. The Morgan fingerprint density at radius 1 is 1.17 bits per heavy atom. The van der Waals surface area contributed by atoms with Gasteiger partial charge in [0.25, 0.3) is 10.0 Å². The van der Waals surface area contributed by atoms with E-state index in [4.69, 9.17) is 0 Å². The molecule has 1 aliphatic rings. The lowest BCUT2D eigenvalue weighted by Gasteiger charge is -2.30. The Morgan fingerprint density at radius 3 is 2.48 bits per heavy atom. The second kappa shape index (κ2) is 7.38. The van der Waals surface area contributed by atoms with Gasteiger partial charge in [-0.3, -0.25) is 0 Å². The van der Waals surface area contributed by atoms with Crippen LogP contribution in [0.25, 0.3) is 10.9 Å². The average Bonchev–Trinajstić information content (AvgIpc) is 2.97. The molecule has 9 heteroatoms. The van der Waals surface area contributed by atoms with E-state index in [-0.39, 0.29) is 23.2 Å². The SMILES string of the molecule is Cc1ccc(S(=O)(=O)n2c(CNC(=O)N3CCC3)cc3cc(Br)c(O)cc32)cc1. The van der Waals surface area contributed by atoms with E-state index < -0.39 is 10.0 Å². The van der Waals surface area contributed by atoms with Crippen molar-refractivity contribution in [3.63, 3.8) is 0 Å². The van der Waals surface area contributed by atoms with Crippen LogP contribution >= 0.6 is 15.9 Å². The quantitative estimate of drug-likeness (QED) is 0.600. The molecular formula is C20H20BrN3O4S. The van der Waals surface area contributed by atoms with E-state index in [0.717, 1.165) is 12.0 Å². The fourth-order valence-electron chi connectivity index (χ4n) is 3.27. The van der Waals surface area contributed by atoms with Crippen molar-refractivity contribution in [3.8, 4) is 5.75 Å². The molecule has 1 aliphatic heterocycles. The van der Waals surface area contributed by atoms with E-state index in [2.05, 4.69) is 21.2 Å². The van der Waals surface area contributed by atoms with Gasteiger partial charge >= 0.3 is 6.03 Å². The van der Waals surface area contributed by atoms with Crippen molar-refractivity contribution in [2.75, 3.05) is 13.1 Å². The van der Waals surface area contributed by atoms with E-state index in [0.29, 0.717) is 34.2 Å². The number of carbonyl (C=O) groups is 1. The van der Waals surface area contributed by atoms with Crippen molar-refractivity contribution in [2.24, 2.45) is 0 Å². The van der Waals surface area contributed by atoms with Gasteiger partial charge in [0, 0.05) is 24.5 Å². The first-order valence-corrected chi connectivity index (χ1v) is 11.4. The Labute approximate surface area is 177 Å². The van der Waals surface area contributed by atoms with Gasteiger partial charge in [-0.2, -0.15) is 0 Å². The van der Waals surface area contributed by atoms with E-state index in [1.54, 1.807) is 41.3 Å². The number of rotatable bonds is 4. The summed E-state index contributed by atoms with van der Waals surface area (Å²) in [7, 11) is -3.93. The molecule has 2 aromatic carbocycles. The van der Waals surface area contributed by atoms with Crippen LogP contribution in [-0.2, 0) is 16.6 Å². The van der Waals surface area contributed by atoms with E-state index >= 15 is 0 Å². The Bertz CT molecular complexity index is 1200. The summed E-state index contributed by atoms with van der Waals surface area (Å²) >= 11 is 3.27. The molecule has 0 spiro atoms. The van der Waals surface area contributed by atoms with Gasteiger partial charge in [0.15, 0.2) is 0 Å². The highest BCUT2D eigenvalue weighted by atomic mass is 79.9. The van der Waals surface area contributed by atoms with E-state index in [1.807, 2.05) is 6.92 Å². The maximum Gasteiger partial charge on any atom is 0.317 e. The summed E-state index contributed by atoms with van der Waals surface area (Å²) < 4.78 is 28.5. The van der Waals surface area contributed by atoms with Gasteiger partial charge in [0.2, 0.25) is 0 Å². The highest BCUT2D eigenvalue weighted by Gasteiger charge is 2.25. The third-order valence-corrected chi connectivity index (χ3v) is 7.44. The molecule has 0 aliphatic carbocycles. The molecule has 1 saturated heterocycles. The lowest BCUT2D eigenvalue weighted by molar-refractivity contribution is 0.167. The summed E-state index contributed by atoms with van der Waals surface area (Å²) in [5.74, 6) is -0.0629. The van der Waals surface area contributed by atoms with Crippen LogP contribution in [-0.4, -0.2) is 41.5 Å². The van der Waals surface area contributed by atoms with Gasteiger partial charge in [-0.05, 0) is 53.5 Å². The minimum Gasteiger partial charge on any atom is -0.507 e. The molecule has 0 bridgehead atoms. The van der Waals surface area contributed by atoms with Gasteiger partial charge in [-0.25, -0.2) is 17.2 Å². The Morgan fingerprint density at radius 2 is 1.86 bits per heavy atom. The number of hydrogen-bond donors (Lipinski definition) is 2. The third-order valence-electron chi connectivity index (χ3n) is 5.02. The van der Waals surface area contributed by atoms with Crippen LogP contribution in [0.5, 0.6) is 5.75 Å². The minimum atomic E-state index is -3.93. The van der Waals surface area contributed by atoms with Gasteiger partial charge in [0.05, 0.1) is 27.1 Å². The molecule has 1 fully saturated rings. The number of urea groups is 1. The normalized spacial score (nSPS) is 14.1. The second-order valence-corrected chi connectivity index (χ2v) is 9.72. The lowest BCUT2D eigenvalue weighted by atomic mass is 10.2. The number of likely N-dealkylation sites (tertiary alicyclic amines) is 1. The van der Waals surface area contributed by atoms with Crippen LogP contribution in [0.1, 0.15) is 17.7 Å². The molecule has 4 rings (SSSR count). The van der Waals surface area contributed by atoms with E-state index in [1.165, 1.54) is 10.0 Å². The van der Waals surface area contributed by atoms with Gasteiger partial charge in [-0.15, -0.1) is 0 Å². The van der Waals surface area contributed by atoms with Gasteiger partial charge < -0.3 is 15.3 Å². The molecule has 29 heavy (non-hydrogen) atoms. The fourth-order valence-corrected chi connectivity index (χ4v) is 5.17. The summed E-state index contributed by atoms with van der Waals surface area (Å²) in [4.78, 5) is 14.0. The van der Waals surface area contributed by atoms with E-state index in [9.17, 15) is 18.3 Å². The van der Waals surface area contributed by atoms with Gasteiger partial charge in [-0.1, -0.05) is 17.7 Å². The molecule has 7 nitrogen and oxygen atoms in total. The number of benzene rings is 2. The molecular weight excluding hydrogens is 458 g/mol. The number of fused-ring (bicyclic) bond motifs is 1. The number of nitrogens with one attached hydrogen (secondary N) is 1. The van der Waals surface area contributed by atoms with Crippen LogP contribution in [0.2, 0.25) is 0 Å². The molecule has 152 valence electrons. The number of aromatic hydroxyl groups is 1. The molecule has 0 unspecified atom stereocenters. The van der Waals surface area contributed by atoms with Crippen LogP contribution in [0.4, 0.5) is 4.79 Å². The summed E-state index contributed by atoms with van der Waals surface area (Å²) in [6, 6.07) is 11.1. The number of hydrogen-bond acceptors (Lipinski definition) is 4. The molecule has 0 saturated carbocycles. The highest BCUT2D eigenvalue weighted by Crippen LogP contribution is 2.33. The average molecular weight is 478 g/mol. The molecule has 2 N–H and O–H groups in total. The van der Waals surface area contributed by atoms with Crippen molar-refractivity contribution >= 4 is 42.9 Å². The smallest absolute Gasteiger partial charge is 0.317 e. The number of halogens is 1. The molecule has 0 radical (unpaired) electrons. The summed E-state index contributed by atoms with van der Waals surface area (Å²) in [5.41, 5.74) is 1.70. The minimum absolute atomic E-state index is 0.0491. The molecule has 2 heterocycles. The highest BCUT2D eigenvalue weighted by molar-refractivity contribution is 9.10. The Kier molecular flexibility index (Phi) is 5.04. The Balaban J connectivity index is 1.81. The van der Waals surface area contributed by atoms with Crippen molar-refractivity contribution in [3.05, 3.63) is 58.2 Å². The van der Waals surface area contributed by atoms with Gasteiger partial charge in [0.1, 0.15) is 5.75 Å². The number of carbonyl (C=O) groups excluding carboxylic acids is 1. The zero-order valence-electron chi connectivity index (χ0n) is 15.7. The zero-order chi connectivity index (χ0) is 20.8. The lowest BCUT2D eigenvalue weighted by Crippen LogP contribution is -2.47. The monoisotopic (exact) mass is 477 g/mol. The molecule has 0 atom stereocenters. The predicted molar refractivity (Wildman–Crippen MR) is 113 cm³/mol. The first kappa shape index (κ1) is 19.8. The first-order chi connectivity index (χ1) is 13.8. The van der Waals surface area contributed by atoms with Crippen molar-refractivity contribution in [1.29, 1.82) is 0 Å². The molecule has 2 amide bonds. The topological polar surface area (TPSA) is 91.6 Å². The van der Waals surface area contributed by atoms with Crippen LogP contribution < -0.4 is 5.32 Å². The second-order valence-electron chi connectivity index (χ2n) is 7.08. The number of aromatic nitrogens is 1. The van der Waals surface area contributed by atoms with Crippen molar-refractivity contribution in [2.45, 2.75) is 24.8 Å². The number of amides is 2. The van der Waals surface area contributed by atoms with Crippen molar-refractivity contribution < 1.29 is 18.3 Å². The van der Waals surface area contributed by atoms with Crippen LogP contribution in [0.15, 0.2) is 51.8 Å². The number of aryl methyl sites for hydroxylation is 1. The summed E-state index contributed by atoms with van der Waals surface area (Å²) in [6.45, 7) is 3.34. The zero-order valence-corrected chi connectivity index (χ0v) is 18.1. The standard InChI is InChI=1S/C20H20BrN3O4S/c1-13-3-5-16(6-4-13)29(27,28)24-15(12-22-20(26)23-7-2-8-23)9-14-10-17(21)19(25)11-18(14)24/h3-6,9-11,25H,2,7-8,12H2,1H3,(H,22,26). The maximum absolute atomic E-state index is 13.4. The largest absolute Gasteiger partial charge is 0.507 e. The van der Waals surface area contributed by atoms with Crippen LogP contribution in [0.3, 0.4) is 0 Å². The molecule has 3 aromatic rings. The maximum atomic E-state index is 13.4. The predicted octanol–water partition coefficient (Wildman–Crippen LogP) is 3.57. The number of phenols is 1. The van der Waals surface area contributed by atoms with Crippen LogP contribution in [0, 0.1) is 6.92 Å². The summed E-state index contributed by atoms with van der Waals surface area (Å²) in [6.07, 6.45) is 0.975.